The third-order valence-electron chi connectivity index (χ3n) is 5.36. The van der Waals surface area contributed by atoms with E-state index in [4.69, 9.17) is 0 Å². The van der Waals surface area contributed by atoms with Crippen molar-refractivity contribution in [1.29, 1.82) is 0 Å². The molecule has 0 bridgehead atoms. The topological polar surface area (TPSA) is 72.8 Å². The fourth-order valence-corrected chi connectivity index (χ4v) is 4.09. The van der Waals surface area contributed by atoms with E-state index >= 15 is 0 Å². The molecule has 1 aliphatic heterocycles. The van der Waals surface area contributed by atoms with E-state index in [9.17, 15) is 15.0 Å². The lowest BCUT2D eigenvalue weighted by molar-refractivity contribution is 0.0827. The van der Waals surface area contributed by atoms with E-state index in [2.05, 4.69) is 17.5 Å². The Labute approximate surface area is 152 Å². The third kappa shape index (κ3) is 2.60. The predicted molar refractivity (Wildman–Crippen MR) is 101 cm³/mol. The van der Waals surface area contributed by atoms with E-state index in [-0.39, 0.29) is 35.3 Å². The first kappa shape index (κ1) is 16.5. The van der Waals surface area contributed by atoms with Crippen LogP contribution in [0.2, 0.25) is 0 Å². The van der Waals surface area contributed by atoms with Crippen LogP contribution < -0.4 is 5.32 Å². The lowest BCUT2D eigenvalue weighted by Crippen LogP contribution is -2.30. The van der Waals surface area contributed by atoms with Gasteiger partial charge in [0, 0.05) is 42.9 Å². The van der Waals surface area contributed by atoms with Gasteiger partial charge in [-0.2, -0.15) is 0 Å². The fraction of sp³-hybridized carbons (Fsp3) is 0.286. The number of carbonyl (C=O) groups is 1. The van der Waals surface area contributed by atoms with Crippen molar-refractivity contribution in [2.45, 2.75) is 18.4 Å². The molecule has 3 unspecified atom stereocenters. The standard InChI is InChI=1S/C21H22N2O3/c1-23(2)21(26)12-6-9-18-17(10-12)14-4-3-5-15(14)20(22-18)16-8-7-13(24)11-19(16)25/h3-4,6-11,14-15,20,22,24-25H,5H2,1-2H3. The van der Waals surface area contributed by atoms with Gasteiger partial charge in [-0.15, -0.1) is 0 Å². The van der Waals surface area contributed by atoms with Gasteiger partial charge in [0.1, 0.15) is 11.5 Å². The molecule has 2 aromatic rings. The minimum Gasteiger partial charge on any atom is -0.508 e. The zero-order valence-electron chi connectivity index (χ0n) is 14.8. The number of hydrogen-bond donors (Lipinski definition) is 3. The van der Waals surface area contributed by atoms with Gasteiger partial charge in [-0.25, -0.2) is 0 Å². The summed E-state index contributed by atoms with van der Waals surface area (Å²) in [7, 11) is 3.50. The molecule has 0 radical (unpaired) electrons. The van der Waals surface area contributed by atoms with Crippen molar-refractivity contribution in [3.63, 3.8) is 0 Å². The number of nitrogens with one attached hydrogen (secondary N) is 1. The Morgan fingerprint density at radius 2 is 1.92 bits per heavy atom. The molecule has 5 heteroatoms. The number of carbonyl (C=O) groups excluding carboxylic acids is 1. The molecule has 0 saturated heterocycles. The number of fused-ring (bicyclic) bond motifs is 3. The molecule has 2 aliphatic rings. The molecule has 26 heavy (non-hydrogen) atoms. The number of allylic oxidation sites excluding steroid dienone is 2. The second-order valence-corrected chi connectivity index (χ2v) is 7.22. The Kier molecular flexibility index (Phi) is 3.87. The van der Waals surface area contributed by atoms with Gasteiger partial charge >= 0.3 is 0 Å². The van der Waals surface area contributed by atoms with E-state index in [1.807, 2.05) is 18.2 Å². The molecule has 3 atom stereocenters. The molecular weight excluding hydrogens is 328 g/mol. The van der Waals surface area contributed by atoms with Crippen molar-refractivity contribution in [2.75, 3.05) is 19.4 Å². The summed E-state index contributed by atoms with van der Waals surface area (Å²) in [5, 5.41) is 23.4. The lowest BCUT2D eigenvalue weighted by Gasteiger charge is -2.38. The first-order valence-electron chi connectivity index (χ1n) is 8.76. The monoisotopic (exact) mass is 350 g/mol. The minimum absolute atomic E-state index is 0.00960. The van der Waals surface area contributed by atoms with Crippen LogP contribution in [0.5, 0.6) is 11.5 Å². The molecular formula is C21H22N2O3. The number of anilines is 1. The summed E-state index contributed by atoms with van der Waals surface area (Å²) in [5.41, 5.74) is 3.55. The zero-order chi connectivity index (χ0) is 18.4. The maximum absolute atomic E-state index is 12.3. The largest absolute Gasteiger partial charge is 0.508 e. The number of nitrogens with zero attached hydrogens (tertiary/aromatic N) is 1. The van der Waals surface area contributed by atoms with Gasteiger partial charge in [-0.05, 0) is 48.2 Å². The molecule has 4 rings (SSSR count). The molecule has 2 aromatic carbocycles. The SMILES string of the molecule is CN(C)C(=O)c1ccc2c(c1)C1C=CCC1C(c1ccc(O)cc1O)N2. The Hall–Kier alpha value is -2.95. The van der Waals surface area contributed by atoms with Crippen LogP contribution in [0.25, 0.3) is 0 Å². The number of amides is 1. The van der Waals surface area contributed by atoms with Crippen LogP contribution in [0.1, 0.15) is 39.9 Å². The number of phenols is 2. The van der Waals surface area contributed by atoms with Crippen molar-refractivity contribution in [2.24, 2.45) is 5.92 Å². The van der Waals surface area contributed by atoms with Crippen LogP contribution >= 0.6 is 0 Å². The average molecular weight is 350 g/mol. The lowest BCUT2D eigenvalue weighted by atomic mass is 9.76. The van der Waals surface area contributed by atoms with Gasteiger partial charge in [0.05, 0.1) is 6.04 Å². The molecule has 0 aromatic heterocycles. The van der Waals surface area contributed by atoms with Crippen molar-refractivity contribution < 1.29 is 15.0 Å². The second-order valence-electron chi connectivity index (χ2n) is 7.22. The molecule has 3 N–H and O–H groups in total. The van der Waals surface area contributed by atoms with Gasteiger partial charge in [-0.3, -0.25) is 4.79 Å². The van der Waals surface area contributed by atoms with Crippen LogP contribution in [0.15, 0.2) is 48.6 Å². The summed E-state index contributed by atoms with van der Waals surface area (Å²) in [6, 6.07) is 10.4. The number of aromatic hydroxyl groups is 2. The van der Waals surface area contributed by atoms with Crippen molar-refractivity contribution >= 4 is 11.6 Å². The van der Waals surface area contributed by atoms with Crippen molar-refractivity contribution in [3.8, 4) is 11.5 Å². The van der Waals surface area contributed by atoms with Crippen LogP contribution in [-0.2, 0) is 0 Å². The highest BCUT2D eigenvalue weighted by molar-refractivity contribution is 5.94. The summed E-state index contributed by atoms with van der Waals surface area (Å²) in [6.45, 7) is 0. The molecule has 0 spiro atoms. The Bertz CT molecular complexity index is 904. The average Bonchev–Trinajstić information content (AvgIpc) is 3.10. The van der Waals surface area contributed by atoms with E-state index in [1.54, 1.807) is 31.1 Å². The third-order valence-corrected chi connectivity index (χ3v) is 5.36. The molecule has 1 amide bonds. The summed E-state index contributed by atoms with van der Waals surface area (Å²) < 4.78 is 0. The maximum Gasteiger partial charge on any atom is 0.253 e. The first-order valence-corrected chi connectivity index (χ1v) is 8.76. The van der Waals surface area contributed by atoms with E-state index < -0.39 is 0 Å². The Morgan fingerprint density at radius 3 is 2.65 bits per heavy atom. The van der Waals surface area contributed by atoms with Gasteiger partial charge in [0.25, 0.3) is 5.91 Å². The molecule has 134 valence electrons. The van der Waals surface area contributed by atoms with Crippen LogP contribution in [0, 0.1) is 5.92 Å². The first-order chi connectivity index (χ1) is 12.5. The van der Waals surface area contributed by atoms with E-state index in [0.717, 1.165) is 23.2 Å². The molecule has 0 saturated carbocycles. The molecule has 1 aliphatic carbocycles. The number of hydrogen-bond acceptors (Lipinski definition) is 4. The summed E-state index contributed by atoms with van der Waals surface area (Å²) in [5.74, 6) is 0.582. The smallest absolute Gasteiger partial charge is 0.253 e. The Balaban J connectivity index is 1.76. The van der Waals surface area contributed by atoms with Crippen molar-refractivity contribution in [1.82, 2.24) is 4.90 Å². The quantitative estimate of drug-likeness (QED) is 0.723. The van der Waals surface area contributed by atoms with Crippen LogP contribution in [0.3, 0.4) is 0 Å². The normalized spacial score (nSPS) is 23.1. The second kappa shape index (κ2) is 6.09. The highest BCUT2D eigenvalue weighted by atomic mass is 16.3. The van der Waals surface area contributed by atoms with Gasteiger partial charge in [0.2, 0.25) is 0 Å². The van der Waals surface area contributed by atoms with Crippen LogP contribution in [0.4, 0.5) is 5.69 Å². The maximum atomic E-state index is 12.3. The number of rotatable bonds is 2. The fourth-order valence-electron chi connectivity index (χ4n) is 4.09. The molecule has 5 nitrogen and oxygen atoms in total. The van der Waals surface area contributed by atoms with E-state index in [1.165, 1.54) is 6.07 Å². The summed E-state index contributed by atoms with van der Waals surface area (Å²) >= 11 is 0. The summed E-state index contributed by atoms with van der Waals surface area (Å²) in [6.07, 6.45) is 5.25. The highest BCUT2D eigenvalue weighted by Crippen LogP contribution is 2.51. The van der Waals surface area contributed by atoms with Gasteiger partial charge in [-0.1, -0.05) is 12.2 Å². The molecule has 1 heterocycles. The minimum atomic E-state index is -0.0569. The molecule has 0 fully saturated rings. The van der Waals surface area contributed by atoms with Gasteiger partial charge in [0.15, 0.2) is 0 Å². The summed E-state index contributed by atoms with van der Waals surface area (Å²) in [4.78, 5) is 13.9. The number of benzene rings is 2. The van der Waals surface area contributed by atoms with Crippen molar-refractivity contribution in [3.05, 3.63) is 65.2 Å². The van der Waals surface area contributed by atoms with Crippen LogP contribution in [-0.4, -0.2) is 35.1 Å². The van der Waals surface area contributed by atoms with Gasteiger partial charge < -0.3 is 20.4 Å². The highest BCUT2D eigenvalue weighted by Gasteiger charge is 2.39. The zero-order valence-corrected chi connectivity index (χ0v) is 14.8. The predicted octanol–water partition coefficient (Wildman–Crippen LogP) is 3.63. The number of phenolic OH excluding ortho intramolecular Hbond substituents is 2. The Morgan fingerprint density at radius 1 is 1.12 bits per heavy atom. The van der Waals surface area contributed by atoms with E-state index in [0.29, 0.717) is 5.56 Å².